The summed E-state index contributed by atoms with van der Waals surface area (Å²) in [6, 6.07) is -0.571. The molecule has 0 radical (unpaired) electrons. The number of carboxylic acid groups (broad SMARTS) is 1. The Morgan fingerprint density at radius 3 is 2.67 bits per heavy atom. The fourth-order valence-electron chi connectivity index (χ4n) is 2.24. The molecule has 4 nitrogen and oxygen atoms in total. The van der Waals surface area contributed by atoms with Gasteiger partial charge in [-0.1, -0.05) is 0 Å². The van der Waals surface area contributed by atoms with Gasteiger partial charge in [-0.15, -0.1) is 11.8 Å². The number of aliphatic carboxylic acids is 1. The summed E-state index contributed by atoms with van der Waals surface area (Å²) in [5, 5.41) is 8.99. The second kappa shape index (κ2) is 4.43. The number of thioether (sulfide) groups is 1. The van der Waals surface area contributed by atoms with Gasteiger partial charge in [0.2, 0.25) is 5.91 Å². The molecule has 15 heavy (non-hydrogen) atoms. The molecule has 2 aliphatic heterocycles. The monoisotopic (exact) mass is 229 g/mol. The lowest BCUT2D eigenvalue weighted by Crippen LogP contribution is -2.44. The van der Waals surface area contributed by atoms with Crippen molar-refractivity contribution in [1.29, 1.82) is 0 Å². The smallest absolute Gasteiger partial charge is 0.326 e. The van der Waals surface area contributed by atoms with Gasteiger partial charge in [0.25, 0.3) is 0 Å². The van der Waals surface area contributed by atoms with E-state index in [0.717, 1.165) is 25.0 Å². The van der Waals surface area contributed by atoms with E-state index < -0.39 is 12.0 Å². The first-order chi connectivity index (χ1) is 7.20. The molecule has 0 bridgehead atoms. The summed E-state index contributed by atoms with van der Waals surface area (Å²) in [7, 11) is 0. The van der Waals surface area contributed by atoms with Crippen molar-refractivity contribution in [3.63, 3.8) is 0 Å². The number of hydrogen-bond acceptors (Lipinski definition) is 3. The molecule has 2 rings (SSSR count). The Kier molecular flexibility index (Phi) is 3.19. The van der Waals surface area contributed by atoms with Gasteiger partial charge < -0.3 is 10.0 Å². The van der Waals surface area contributed by atoms with Gasteiger partial charge in [0.1, 0.15) is 6.04 Å². The van der Waals surface area contributed by atoms with Gasteiger partial charge in [-0.2, -0.15) is 0 Å². The Morgan fingerprint density at radius 2 is 2.07 bits per heavy atom. The maximum absolute atomic E-state index is 12.0. The number of carboxylic acids is 1. The molecule has 2 aliphatic rings. The minimum atomic E-state index is -0.858. The molecule has 0 aromatic carbocycles. The summed E-state index contributed by atoms with van der Waals surface area (Å²) in [6.45, 7) is 0.618. The maximum atomic E-state index is 12.0. The van der Waals surface area contributed by atoms with Gasteiger partial charge >= 0.3 is 5.97 Å². The van der Waals surface area contributed by atoms with Crippen molar-refractivity contribution < 1.29 is 14.7 Å². The van der Waals surface area contributed by atoms with Crippen LogP contribution in [0.5, 0.6) is 0 Å². The average molecular weight is 229 g/mol. The van der Waals surface area contributed by atoms with Gasteiger partial charge in [0, 0.05) is 6.54 Å². The predicted octanol–water partition coefficient (Wildman–Crippen LogP) is 0.958. The molecular formula is C10H15NO3S. The third-order valence-electron chi connectivity index (χ3n) is 3.03. The van der Waals surface area contributed by atoms with Crippen molar-refractivity contribution in [2.24, 2.45) is 0 Å². The SMILES string of the molecule is O=C(O)[C@@H]1CCCN1C(=O)C1CCCS1. The largest absolute Gasteiger partial charge is 0.480 e. The van der Waals surface area contributed by atoms with Crippen LogP contribution in [0.2, 0.25) is 0 Å². The molecule has 0 aliphatic carbocycles. The first kappa shape index (κ1) is 10.8. The number of carbonyl (C=O) groups excluding carboxylic acids is 1. The molecule has 0 aromatic heterocycles. The van der Waals surface area contributed by atoms with E-state index in [1.165, 1.54) is 0 Å². The molecule has 0 saturated carbocycles. The first-order valence-corrected chi connectivity index (χ1v) is 6.40. The van der Waals surface area contributed by atoms with E-state index >= 15 is 0 Å². The summed E-state index contributed by atoms with van der Waals surface area (Å²) < 4.78 is 0. The lowest BCUT2D eigenvalue weighted by molar-refractivity contribution is -0.148. The van der Waals surface area contributed by atoms with Crippen LogP contribution in [-0.2, 0) is 9.59 Å². The molecule has 2 saturated heterocycles. The Morgan fingerprint density at radius 1 is 1.27 bits per heavy atom. The number of nitrogens with zero attached hydrogens (tertiary/aromatic N) is 1. The van der Waals surface area contributed by atoms with E-state index in [-0.39, 0.29) is 11.2 Å². The fraction of sp³-hybridized carbons (Fsp3) is 0.800. The minimum Gasteiger partial charge on any atom is -0.480 e. The van der Waals surface area contributed by atoms with Crippen molar-refractivity contribution in [2.45, 2.75) is 37.0 Å². The zero-order valence-corrected chi connectivity index (χ0v) is 9.33. The van der Waals surface area contributed by atoms with Crippen LogP contribution in [0.1, 0.15) is 25.7 Å². The molecule has 2 fully saturated rings. The van der Waals surface area contributed by atoms with Crippen molar-refractivity contribution in [3.05, 3.63) is 0 Å². The quantitative estimate of drug-likeness (QED) is 0.766. The molecule has 1 N–H and O–H groups in total. The van der Waals surface area contributed by atoms with Crippen molar-refractivity contribution in [3.8, 4) is 0 Å². The molecular weight excluding hydrogens is 214 g/mol. The van der Waals surface area contributed by atoms with Crippen LogP contribution in [-0.4, -0.2) is 45.5 Å². The van der Waals surface area contributed by atoms with Crippen LogP contribution >= 0.6 is 11.8 Å². The van der Waals surface area contributed by atoms with Gasteiger partial charge in [-0.3, -0.25) is 4.79 Å². The summed E-state index contributed by atoms with van der Waals surface area (Å²) in [5.74, 6) is 0.216. The van der Waals surface area contributed by atoms with E-state index in [1.807, 2.05) is 0 Å². The van der Waals surface area contributed by atoms with Gasteiger partial charge in [-0.05, 0) is 31.4 Å². The lowest BCUT2D eigenvalue weighted by atomic mass is 10.2. The van der Waals surface area contributed by atoms with Crippen molar-refractivity contribution in [1.82, 2.24) is 4.90 Å². The van der Waals surface area contributed by atoms with Gasteiger partial charge in [0.05, 0.1) is 5.25 Å². The van der Waals surface area contributed by atoms with E-state index in [4.69, 9.17) is 5.11 Å². The highest BCUT2D eigenvalue weighted by molar-refractivity contribution is 8.00. The van der Waals surface area contributed by atoms with E-state index in [1.54, 1.807) is 16.7 Å². The zero-order chi connectivity index (χ0) is 10.8. The van der Waals surface area contributed by atoms with E-state index in [2.05, 4.69) is 0 Å². The van der Waals surface area contributed by atoms with Crippen LogP contribution in [0.3, 0.4) is 0 Å². The second-order valence-electron chi connectivity index (χ2n) is 4.03. The van der Waals surface area contributed by atoms with Gasteiger partial charge in [-0.25, -0.2) is 4.79 Å². The maximum Gasteiger partial charge on any atom is 0.326 e. The van der Waals surface area contributed by atoms with Crippen LogP contribution < -0.4 is 0 Å². The highest BCUT2D eigenvalue weighted by Gasteiger charge is 2.37. The summed E-state index contributed by atoms with van der Waals surface area (Å²) in [4.78, 5) is 24.5. The normalized spacial score (nSPS) is 30.8. The Hall–Kier alpha value is -0.710. The van der Waals surface area contributed by atoms with Gasteiger partial charge in [0.15, 0.2) is 0 Å². The molecule has 5 heteroatoms. The number of amides is 1. The third-order valence-corrected chi connectivity index (χ3v) is 4.39. The highest BCUT2D eigenvalue weighted by atomic mass is 32.2. The van der Waals surface area contributed by atoms with Crippen molar-refractivity contribution in [2.75, 3.05) is 12.3 Å². The predicted molar refractivity (Wildman–Crippen MR) is 57.9 cm³/mol. The zero-order valence-electron chi connectivity index (χ0n) is 8.52. The lowest BCUT2D eigenvalue weighted by Gasteiger charge is -2.24. The molecule has 84 valence electrons. The number of carbonyl (C=O) groups is 2. The summed E-state index contributed by atoms with van der Waals surface area (Å²) in [6.07, 6.45) is 3.41. The third kappa shape index (κ3) is 2.12. The highest BCUT2D eigenvalue weighted by Crippen LogP contribution is 2.30. The molecule has 1 unspecified atom stereocenters. The van der Waals surface area contributed by atoms with Crippen LogP contribution in [0, 0.1) is 0 Å². The van der Waals surface area contributed by atoms with Crippen molar-refractivity contribution >= 4 is 23.6 Å². The van der Waals surface area contributed by atoms with Crippen LogP contribution in [0.15, 0.2) is 0 Å². The molecule has 0 spiro atoms. The molecule has 0 aromatic rings. The number of likely N-dealkylation sites (tertiary alicyclic amines) is 1. The second-order valence-corrected chi connectivity index (χ2v) is 5.34. The first-order valence-electron chi connectivity index (χ1n) is 5.35. The molecule has 2 heterocycles. The number of rotatable bonds is 2. The topological polar surface area (TPSA) is 57.6 Å². The average Bonchev–Trinajstić information content (AvgIpc) is 2.88. The fourth-order valence-corrected chi connectivity index (χ4v) is 3.47. The summed E-state index contributed by atoms with van der Waals surface area (Å²) in [5.41, 5.74) is 0. The number of hydrogen-bond donors (Lipinski definition) is 1. The van der Waals surface area contributed by atoms with E-state index in [0.29, 0.717) is 13.0 Å². The standard InChI is InChI=1S/C10H15NO3S/c12-9(8-4-2-6-15-8)11-5-1-3-7(11)10(13)14/h7-8H,1-6H2,(H,13,14)/t7-,8?/m0/s1. The Bertz CT molecular complexity index is 276. The Balaban J connectivity index is 2.02. The van der Waals surface area contributed by atoms with Crippen LogP contribution in [0.25, 0.3) is 0 Å². The van der Waals surface area contributed by atoms with Crippen LogP contribution in [0.4, 0.5) is 0 Å². The van der Waals surface area contributed by atoms with E-state index in [9.17, 15) is 9.59 Å². The summed E-state index contributed by atoms with van der Waals surface area (Å²) >= 11 is 1.67. The Labute approximate surface area is 93.0 Å². The minimum absolute atomic E-state index is 0.0185. The molecule has 2 atom stereocenters. The molecule has 1 amide bonds.